The van der Waals surface area contributed by atoms with E-state index in [1.807, 2.05) is 7.05 Å². The van der Waals surface area contributed by atoms with Gasteiger partial charge in [0, 0.05) is 6.04 Å². The highest BCUT2D eigenvalue weighted by molar-refractivity contribution is 5.27. The number of hydrogen-bond acceptors (Lipinski definition) is 2. The molecule has 0 aliphatic carbocycles. The molecule has 2 rings (SSSR count). The van der Waals surface area contributed by atoms with E-state index < -0.39 is 11.7 Å². The van der Waals surface area contributed by atoms with E-state index in [1.54, 1.807) is 12.1 Å². The van der Waals surface area contributed by atoms with Crippen molar-refractivity contribution in [2.75, 3.05) is 20.1 Å². The zero-order chi connectivity index (χ0) is 14.0. The average Bonchev–Trinajstić information content (AvgIpc) is 2.37. The predicted molar refractivity (Wildman–Crippen MR) is 68.6 cm³/mol. The van der Waals surface area contributed by atoms with E-state index in [9.17, 15) is 13.2 Å². The molecule has 0 unspecified atom stereocenters. The molecule has 2 atom stereocenters. The third-order valence-corrected chi connectivity index (χ3v) is 3.89. The molecule has 1 aromatic rings. The zero-order valence-corrected chi connectivity index (χ0v) is 11.0. The maximum atomic E-state index is 12.6. The van der Waals surface area contributed by atoms with Gasteiger partial charge in [0.25, 0.3) is 0 Å². The van der Waals surface area contributed by atoms with Gasteiger partial charge in [0.1, 0.15) is 0 Å². The molecule has 0 spiro atoms. The molecule has 1 saturated heterocycles. The monoisotopic (exact) mass is 272 g/mol. The Bertz CT molecular complexity index is 414. The first-order valence-corrected chi connectivity index (χ1v) is 6.51. The second-order valence-electron chi connectivity index (χ2n) is 5.18. The molecule has 5 heteroatoms. The maximum Gasteiger partial charge on any atom is 0.416 e. The Labute approximate surface area is 111 Å². The summed E-state index contributed by atoms with van der Waals surface area (Å²) in [5.74, 6) is 0.315. The van der Waals surface area contributed by atoms with Crippen LogP contribution in [0.3, 0.4) is 0 Å². The summed E-state index contributed by atoms with van der Waals surface area (Å²) in [6, 6.07) is 5.60. The Morgan fingerprint density at radius 1 is 1.26 bits per heavy atom. The normalized spacial score (nSPS) is 25.5. The fourth-order valence-corrected chi connectivity index (χ4v) is 2.90. The lowest BCUT2D eigenvalue weighted by Gasteiger charge is -2.39. The van der Waals surface area contributed by atoms with Crippen LogP contribution in [0.4, 0.5) is 13.2 Å². The van der Waals surface area contributed by atoms with Gasteiger partial charge >= 0.3 is 6.18 Å². The van der Waals surface area contributed by atoms with Gasteiger partial charge in [-0.2, -0.15) is 13.2 Å². The van der Waals surface area contributed by atoms with Crippen molar-refractivity contribution in [3.8, 4) is 0 Å². The van der Waals surface area contributed by atoms with E-state index in [-0.39, 0.29) is 6.04 Å². The van der Waals surface area contributed by atoms with Crippen molar-refractivity contribution < 1.29 is 13.2 Å². The SMILES string of the molecule is CN1CCC[C@@H](CN)[C@H]1c1ccc(C(F)(F)F)cc1. The van der Waals surface area contributed by atoms with Gasteiger partial charge in [-0.05, 0) is 56.6 Å². The van der Waals surface area contributed by atoms with E-state index >= 15 is 0 Å². The standard InChI is InChI=1S/C14H19F3N2/c1-19-8-2-3-11(9-18)13(19)10-4-6-12(7-5-10)14(15,16)17/h4-7,11,13H,2-3,8-9,18H2,1H3/t11-,13+/m0/s1. The average molecular weight is 272 g/mol. The van der Waals surface area contributed by atoms with Crippen molar-refractivity contribution in [3.63, 3.8) is 0 Å². The number of benzene rings is 1. The Balaban J connectivity index is 2.24. The summed E-state index contributed by atoms with van der Waals surface area (Å²) in [5, 5.41) is 0. The molecule has 19 heavy (non-hydrogen) atoms. The van der Waals surface area contributed by atoms with Gasteiger partial charge in [0.05, 0.1) is 5.56 Å². The van der Waals surface area contributed by atoms with Gasteiger partial charge in [-0.1, -0.05) is 12.1 Å². The molecule has 2 nitrogen and oxygen atoms in total. The van der Waals surface area contributed by atoms with Crippen LogP contribution < -0.4 is 5.73 Å². The van der Waals surface area contributed by atoms with E-state index in [2.05, 4.69) is 4.90 Å². The van der Waals surface area contributed by atoms with Crippen molar-refractivity contribution in [1.82, 2.24) is 4.90 Å². The summed E-state index contributed by atoms with van der Waals surface area (Å²) < 4.78 is 37.7. The number of hydrogen-bond donors (Lipinski definition) is 1. The van der Waals surface area contributed by atoms with E-state index in [0.717, 1.165) is 37.1 Å². The van der Waals surface area contributed by atoms with Gasteiger partial charge in [0.15, 0.2) is 0 Å². The van der Waals surface area contributed by atoms with Crippen molar-refractivity contribution in [1.29, 1.82) is 0 Å². The van der Waals surface area contributed by atoms with Crippen LogP contribution in [-0.4, -0.2) is 25.0 Å². The Morgan fingerprint density at radius 2 is 1.89 bits per heavy atom. The number of piperidine rings is 1. The smallest absolute Gasteiger partial charge is 0.330 e. The minimum absolute atomic E-state index is 0.126. The van der Waals surface area contributed by atoms with Crippen LogP contribution in [0.2, 0.25) is 0 Å². The van der Waals surface area contributed by atoms with Crippen LogP contribution in [0.15, 0.2) is 24.3 Å². The molecule has 106 valence electrons. The summed E-state index contributed by atoms with van der Waals surface area (Å²) in [7, 11) is 2.00. The van der Waals surface area contributed by atoms with Gasteiger partial charge in [-0.15, -0.1) is 0 Å². The van der Waals surface area contributed by atoms with Gasteiger partial charge in [-0.25, -0.2) is 0 Å². The summed E-state index contributed by atoms with van der Waals surface area (Å²) in [6.45, 7) is 1.53. The summed E-state index contributed by atoms with van der Waals surface area (Å²) in [4.78, 5) is 2.18. The number of alkyl halides is 3. The molecular formula is C14H19F3N2. The fraction of sp³-hybridized carbons (Fsp3) is 0.571. The van der Waals surface area contributed by atoms with Gasteiger partial charge in [0.2, 0.25) is 0 Å². The lowest BCUT2D eigenvalue weighted by molar-refractivity contribution is -0.137. The van der Waals surface area contributed by atoms with Crippen LogP contribution in [0, 0.1) is 5.92 Å². The first-order valence-electron chi connectivity index (χ1n) is 6.51. The van der Waals surface area contributed by atoms with Crippen LogP contribution in [-0.2, 0) is 6.18 Å². The number of halogens is 3. The molecule has 0 aromatic heterocycles. The van der Waals surface area contributed by atoms with Gasteiger partial charge in [-0.3, -0.25) is 4.90 Å². The van der Waals surface area contributed by atoms with Crippen LogP contribution >= 0.6 is 0 Å². The van der Waals surface area contributed by atoms with Crippen molar-refractivity contribution in [2.45, 2.75) is 25.1 Å². The van der Waals surface area contributed by atoms with Gasteiger partial charge < -0.3 is 5.73 Å². The maximum absolute atomic E-state index is 12.6. The number of rotatable bonds is 2. The molecule has 0 amide bonds. The molecule has 1 aliphatic heterocycles. The Kier molecular flexibility index (Phi) is 4.16. The number of nitrogens with two attached hydrogens (primary N) is 1. The number of nitrogens with zero attached hydrogens (tertiary/aromatic N) is 1. The summed E-state index contributed by atoms with van der Waals surface area (Å²) in [5.41, 5.74) is 6.11. The molecule has 1 heterocycles. The minimum Gasteiger partial charge on any atom is -0.330 e. The van der Waals surface area contributed by atoms with Crippen molar-refractivity contribution in [2.24, 2.45) is 11.7 Å². The molecule has 0 radical (unpaired) electrons. The first kappa shape index (κ1) is 14.3. The number of likely N-dealkylation sites (tertiary alicyclic amines) is 1. The molecule has 1 aromatic carbocycles. The third-order valence-electron chi connectivity index (χ3n) is 3.89. The Morgan fingerprint density at radius 3 is 2.42 bits per heavy atom. The molecule has 0 saturated carbocycles. The molecule has 1 aliphatic rings. The molecule has 1 fully saturated rings. The van der Waals surface area contributed by atoms with Crippen LogP contribution in [0.1, 0.15) is 30.0 Å². The van der Waals surface area contributed by atoms with Crippen molar-refractivity contribution >= 4 is 0 Å². The molecule has 2 N–H and O–H groups in total. The second-order valence-corrected chi connectivity index (χ2v) is 5.18. The quantitative estimate of drug-likeness (QED) is 0.896. The Hall–Kier alpha value is -1.07. The molecule has 0 bridgehead atoms. The lowest BCUT2D eigenvalue weighted by Crippen LogP contribution is -2.39. The first-order chi connectivity index (χ1) is 8.93. The van der Waals surface area contributed by atoms with E-state index in [0.29, 0.717) is 12.5 Å². The lowest BCUT2D eigenvalue weighted by atomic mass is 9.85. The summed E-state index contributed by atoms with van der Waals surface area (Å²) in [6.07, 6.45) is -2.15. The fourth-order valence-electron chi connectivity index (χ4n) is 2.90. The highest BCUT2D eigenvalue weighted by Crippen LogP contribution is 2.36. The largest absolute Gasteiger partial charge is 0.416 e. The highest BCUT2D eigenvalue weighted by Gasteiger charge is 2.32. The van der Waals surface area contributed by atoms with E-state index in [4.69, 9.17) is 5.73 Å². The van der Waals surface area contributed by atoms with Crippen molar-refractivity contribution in [3.05, 3.63) is 35.4 Å². The highest BCUT2D eigenvalue weighted by atomic mass is 19.4. The summed E-state index contributed by atoms with van der Waals surface area (Å²) >= 11 is 0. The van der Waals surface area contributed by atoms with Crippen LogP contribution in [0.5, 0.6) is 0 Å². The zero-order valence-electron chi connectivity index (χ0n) is 11.0. The van der Waals surface area contributed by atoms with Crippen LogP contribution in [0.25, 0.3) is 0 Å². The molecular weight excluding hydrogens is 253 g/mol. The second kappa shape index (κ2) is 5.51. The van der Waals surface area contributed by atoms with E-state index in [1.165, 1.54) is 0 Å². The third kappa shape index (κ3) is 3.09. The topological polar surface area (TPSA) is 29.3 Å². The minimum atomic E-state index is -4.27. The predicted octanol–water partition coefficient (Wildman–Crippen LogP) is 3.05.